The summed E-state index contributed by atoms with van der Waals surface area (Å²) in [6, 6.07) is 6.68. The summed E-state index contributed by atoms with van der Waals surface area (Å²) in [5.41, 5.74) is 1.07. The van der Waals surface area contributed by atoms with Crippen LogP contribution in [0, 0.1) is 5.82 Å². The summed E-state index contributed by atoms with van der Waals surface area (Å²) in [6.07, 6.45) is 0.0636. The molecular weight excluding hydrogens is 323 g/mol. The van der Waals surface area contributed by atoms with E-state index in [9.17, 15) is 9.18 Å². The van der Waals surface area contributed by atoms with Crippen molar-refractivity contribution in [3.63, 3.8) is 0 Å². The van der Waals surface area contributed by atoms with Crippen molar-refractivity contribution in [2.24, 2.45) is 0 Å². The number of nitrogens with zero attached hydrogens (tertiary/aromatic N) is 3. The third kappa shape index (κ3) is 4.83. The highest BCUT2D eigenvalue weighted by molar-refractivity contribution is 5.74. The van der Waals surface area contributed by atoms with E-state index in [1.807, 2.05) is 24.0 Å². The van der Waals surface area contributed by atoms with Crippen LogP contribution in [-0.4, -0.2) is 80.9 Å². The van der Waals surface area contributed by atoms with Crippen molar-refractivity contribution in [2.75, 3.05) is 63.9 Å². The number of halogens is 1. The van der Waals surface area contributed by atoms with Gasteiger partial charge in [-0.3, -0.25) is 4.90 Å². The molecule has 2 aliphatic heterocycles. The lowest BCUT2D eigenvalue weighted by molar-refractivity contribution is -0.0310. The number of hydrogen-bond acceptors (Lipinski definition) is 4. The second kappa shape index (κ2) is 8.49. The fraction of sp³-hybridized carbons (Fsp3) is 0.611. The number of piperazine rings is 1. The Labute approximate surface area is 148 Å². The Morgan fingerprint density at radius 2 is 1.92 bits per heavy atom. The maximum absolute atomic E-state index is 13.0. The van der Waals surface area contributed by atoms with Crippen molar-refractivity contribution in [1.82, 2.24) is 15.1 Å². The van der Waals surface area contributed by atoms with Crippen LogP contribution >= 0.6 is 0 Å². The monoisotopic (exact) mass is 350 g/mol. The van der Waals surface area contributed by atoms with Gasteiger partial charge in [0.25, 0.3) is 0 Å². The van der Waals surface area contributed by atoms with Gasteiger partial charge in [0.15, 0.2) is 0 Å². The Balaban J connectivity index is 1.45. The molecule has 2 amide bonds. The van der Waals surface area contributed by atoms with Crippen LogP contribution in [0.2, 0.25) is 0 Å². The topological polar surface area (TPSA) is 48.1 Å². The third-order valence-corrected chi connectivity index (χ3v) is 4.78. The average molecular weight is 350 g/mol. The Bertz CT molecular complexity index is 561. The first-order chi connectivity index (χ1) is 12.2. The van der Waals surface area contributed by atoms with Gasteiger partial charge in [0.05, 0.1) is 12.7 Å². The molecule has 1 N–H and O–H groups in total. The molecule has 1 aromatic rings. The number of amides is 2. The number of carbonyl (C=O) groups is 1. The van der Waals surface area contributed by atoms with Crippen LogP contribution in [0.5, 0.6) is 0 Å². The maximum atomic E-state index is 13.0. The van der Waals surface area contributed by atoms with E-state index >= 15 is 0 Å². The number of nitrogens with one attached hydrogen (secondary N) is 1. The summed E-state index contributed by atoms with van der Waals surface area (Å²) in [7, 11) is 0. The molecule has 0 unspecified atom stereocenters. The van der Waals surface area contributed by atoms with E-state index in [0.29, 0.717) is 26.2 Å². The predicted octanol–water partition coefficient (Wildman–Crippen LogP) is 1.38. The van der Waals surface area contributed by atoms with Crippen molar-refractivity contribution >= 4 is 11.7 Å². The molecule has 1 atom stereocenters. The van der Waals surface area contributed by atoms with Gasteiger partial charge in [-0.15, -0.1) is 0 Å². The molecule has 6 nitrogen and oxygen atoms in total. The fourth-order valence-corrected chi connectivity index (χ4v) is 3.41. The summed E-state index contributed by atoms with van der Waals surface area (Å²) in [5.74, 6) is -0.200. The first kappa shape index (κ1) is 17.9. The van der Waals surface area contributed by atoms with Crippen molar-refractivity contribution in [3.05, 3.63) is 30.1 Å². The lowest BCUT2D eigenvalue weighted by atomic mass is 10.2. The molecule has 138 valence electrons. The van der Waals surface area contributed by atoms with Crippen LogP contribution in [0.1, 0.15) is 6.92 Å². The Morgan fingerprint density at radius 1 is 1.20 bits per heavy atom. The normalized spacial score (nSPS) is 22.1. The van der Waals surface area contributed by atoms with Gasteiger partial charge >= 0.3 is 6.03 Å². The van der Waals surface area contributed by atoms with Gasteiger partial charge in [-0.1, -0.05) is 0 Å². The molecule has 3 rings (SSSR count). The zero-order chi connectivity index (χ0) is 17.6. The lowest BCUT2D eigenvalue weighted by Gasteiger charge is -2.39. The number of morpholine rings is 1. The SMILES string of the molecule is CCNC(=O)N1CCO[C@@H](CN2CCN(c3ccc(F)cc3)CC2)C1. The lowest BCUT2D eigenvalue weighted by Crippen LogP contribution is -2.54. The Kier molecular flexibility index (Phi) is 6.09. The molecule has 0 bridgehead atoms. The van der Waals surface area contributed by atoms with Crippen LogP contribution in [0.3, 0.4) is 0 Å². The van der Waals surface area contributed by atoms with Gasteiger partial charge in [-0.2, -0.15) is 0 Å². The zero-order valence-electron chi connectivity index (χ0n) is 14.8. The maximum Gasteiger partial charge on any atom is 0.317 e. The smallest absolute Gasteiger partial charge is 0.317 e. The van der Waals surface area contributed by atoms with Crippen molar-refractivity contribution in [2.45, 2.75) is 13.0 Å². The second-order valence-corrected chi connectivity index (χ2v) is 6.54. The minimum Gasteiger partial charge on any atom is -0.373 e. The predicted molar refractivity (Wildman–Crippen MR) is 95.4 cm³/mol. The van der Waals surface area contributed by atoms with E-state index in [-0.39, 0.29) is 18.0 Å². The molecule has 7 heteroatoms. The average Bonchev–Trinajstić information content (AvgIpc) is 2.64. The van der Waals surface area contributed by atoms with E-state index in [1.54, 1.807) is 0 Å². The van der Waals surface area contributed by atoms with Gasteiger partial charge < -0.3 is 19.9 Å². The number of anilines is 1. The first-order valence-corrected chi connectivity index (χ1v) is 9.03. The van der Waals surface area contributed by atoms with Gasteiger partial charge in [-0.05, 0) is 31.2 Å². The van der Waals surface area contributed by atoms with Gasteiger partial charge in [-0.25, -0.2) is 9.18 Å². The summed E-state index contributed by atoms with van der Waals surface area (Å²) in [6.45, 7) is 9.02. The molecule has 1 aromatic carbocycles. The number of ether oxygens (including phenoxy) is 1. The molecule has 0 radical (unpaired) electrons. The first-order valence-electron chi connectivity index (χ1n) is 9.03. The van der Waals surface area contributed by atoms with E-state index in [0.717, 1.165) is 38.4 Å². The van der Waals surface area contributed by atoms with E-state index in [2.05, 4.69) is 15.1 Å². The third-order valence-electron chi connectivity index (χ3n) is 4.78. The minimum absolute atomic E-state index is 0.00284. The van der Waals surface area contributed by atoms with Crippen LogP contribution in [-0.2, 0) is 4.74 Å². The van der Waals surface area contributed by atoms with E-state index < -0.39 is 0 Å². The number of carbonyl (C=O) groups excluding carboxylic acids is 1. The molecule has 25 heavy (non-hydrogen) atoms. The number of urea groups is 1. The highest BCUT2D eigenvalue weighted by Crippen LogP contribution is 2.17. The van der Waals surface area contributed by atoms with Crippen LogP contribution < -0.4 is 10.2 Å². The van der Waals surface area contributed by atoms with Crippen molar-refractivity contribution in [3.8, 4) is 0 Å². The van der Waals surface area contributed by atoms with Crippen LogP contribution in [0.15, 0.2) is 24.3 Å². The van der Waals surface area contributed by atoms with Crippen molar-refractivity contribution < 1.29 is 13.9 Å². The molecule has 2 saturated heterocycles. The molecule has 2 heterocycles. The highest BCUT2D eigenvalue weighted by Gasteiger charge is 2.27. The van der Waals surface area contributed by atoms with Gasteiger partial charge in [0.1, 0.15) is 5.82 Å². The molecular formula is C18H27FN4O2. The van der Waals surface area contributed by atoms with Crippen LogP contribution in [0.4, 0.5) is 14.9 Å². The number of rotatable bonds is 4. The quantitative estimate of drug-likeness (QED) is 0.891. The van der Waals surface area contributed by atoms with Gasteiger partial charge in [0, 0.05) is 58.0 Å². The van der Waals surface area contributed by atoms with E-state index in [4.69, 9.17) is 4.74 Å². The molecule has 0 spiro atoms. The van der Waals surface area contributed by atoms with Crippen molar-refractivity contribution in [1.29, 1.82) is 0 Å². The second-order valence-electron chi connectivity index (χ2n) is 6.54. The zero-order valence-corrected chi connectivity index (χ0v) is 14.8. The highest BCUT2D eigenvalue weighted by atomic mass is 19.1. The summed E-state index contributed by atoms with van der Waals surface area (Å²) >= 11 is 0. The van der Waals surface area contributed by atoms with Crippen LogP contribution in [0.25, 0.3) is 0 Å². The molecule has 0 aromatic heterocycles. The summed E-state index contributed by atoms with van der Waals surface area (Å²) in [5, 5.41) is 2.85. The largest absolute Gasteiger partial charge is 0.373 e. The minimum atomic E-state index is -0.200. The molecule has 0 aliphatic carbocycles. The molecule has 2 aliphatic rings. The summed E-state index contributed by atoms with van der Waals surface area (Å²) in [4.78, 5) is 18.5. The Morgan fingerprint density at radius 3 is 2.60 bits per heavy atom. The molecule has 0 saturated carbocycles. The number of hydrogen-bond donors (Lipinski definition) is 1. The number of benzene rings is 1. The van der Waals surface area contributed by atoms with E-state index in [1.165, 1.54) is 12.1 Å². The Hall–Kier alpha value is -1.86. The standard InChI is InChI=1S/C18H27FN4O2/c1-2-20-18(24)23-11-12-25-17(14-23)13-21-7-9-22(10-8-21)16-5-3-15(19)4-6-16/h3-6,17H,2,7-14H2,1H3,(H,20,24)/t17-/m0/s1. The van der Waals surface area contributed by atoms with Gasteiger partial charge in [0.2, 0.25) is 0 Å². The summed E-state index contributed by atoms with van der Waals surface area (Å²) < 4.78 is 18.9. The molecule has 2 fully saturated rings. The fourth-order valence-electron chi connectivity index (χ4n) is 3.41.